The molecule has 0 aromatic carbocycles. The molecule has 0 aromatic rings. The zero-order valence-electron chi connectivity index (χ0n) is 13.0. The average Bonchev–Trinajstić information content (AvgIpc) is 3.20. The summed E-state index contributed by atoms with van der Waals surface area (Å²) in [6.45, 7) is 2.24. The molecule has 1 saturated heterocycles. The largest absolute Gasteiger partial charge is 0.478 e. The second-order valence-electron chi connectivity index (χ2n) is 5.52. The molecule has 2 unspecified atom stereocenters. The van der Waals surface area contributed by atoms with Crippen molar-refractivity contribution in [2.45, 2.75) is 70.5 Å². The predicted molar refractivity (Wildman–Crippen MR) is 86.3 cm³/mol. The zero-order valence-corrected chi connectivity index (χ0v) is 13.0. The van der Waals surface area contributed by atoms with Crippen molar-refractivity contribution in [2.75, 3.05) is 0 Å². The first kappa shape index (κ1) is 17.7. The van der Waals surface area contributed by atoms with Crippen molar-refractivity contribution in [3.8, 4) is 0 Å². The zero-order chi connectivity index (χ0) is 15.3. The molecule has 1 heterocycles. The van der Waals surface area contributed by atoms with Gasteiger partial charge in [0.2, 0.25) is 0 Å². The van der Waals surface area contributed by atoms with Crippen LogP contribution in [0.3, 0.4) is 0 Å². The van der Waals surface area contributed by atoms with Crippen LogP contribution in [0.25, 0.3) is 0 Å². The number of hydrogen-bond donors (Lipinski definition) is 1. The molecule has 118 valence electrons. The molecule has 0 saturated carbocycles. The summed E-state index contributed by atoms with van der Waals surface area (Å²) in [6.07, 6.45) is 21.2. The number of ether oxygens (including phenoxy) is 1. The van der Waals surface area contributed by atoms with Crippen LogP contribution < -0.4 is 0 Å². The topological polar surface area (TPSA) is 49.8 Å². The normalized spacial score (nSPS) is 21.8. The quantitative estimate of drug-likeness (QED) is 0.246. The highest BCUT2D eigenvalue weighted by Crippen LogP contribution is 2.30. The second kappa shape index (κ2) is 11.3. The lowest BCUT2D eigenvalue weighted by Crippen LogP contribution is -1.92. The van der Waals surface area contributed by atoms with Crippen LogP contribution in [0.4, 0.5) is 0 Å². The summed E-state index contributed by atoms with van der Waals surface area (Å²) in [5.74, 6) is -0.924. The van der Waals surface area contributed by atoms with Gasteiger partial charge >= 0.3 is 5.97 Å². The fourth-order valence-electron chi connectivity index (χ4n) is 2.32. The molecule has 3 heteroatoms. The van der Waals surface area contributed by atoms with Gasteiger partial charge in [0.15, 0.2) is 0 Å². The van der Waals surface area contributed by atoms with Crippen LogP contribution in [0.2, 0.25) is 0 Å². The monoisotopic (exact) mass is 292 g/mol. The molecule has 21 heavy (non-hydrogen) atoms. The van der Waals surface area contributed by atoms with Crippen LogP contribution in [0, 0.1) is 0 Å². The van der Waals surface area contributed by atoms with Crippen LogP contribution in [-0.2, 0) is 9.53 Å². The lowest BCUT2D eigenvalue weighted by atomic mass is 10.1. The van der Waals surface area contributed by atoms with Gasteiger partial charge in [-0.1, -0.05) is 75.8 Å². The maximum Gasteiger partial charge on any atom is 0.328 e. The van der Waals surface area contributed by atoms with E-state index in [1.54, 1.807) is 6.08 Å². The average molecular weight is 292 g/mol. The molecule has 1 fully saturated rings. The van der Waals surface area contributed by atoms with Crippen molar-refractivity contribution in [1.82, 2.24) is 0 Å². The summed E-state index contributed by atoms with van der Waals surface area (Å²) in [6, 6.07) is 0. The van der Waals surface area contributed by atoms with Gasteiger partial charge in [0.1, 0.15) is 0 Å². The van der Waals surface area contributed by atoms with E-state index in [-0.39, 0.29) is 0 Å². The highest BCUT2D eigenvalue weighted by atomic mass is 16.6. The molecular formula is C18H28O3. The molecule has 0 aromatic heterocycles. The third-order valence-corrected chi connectivity index (χ3v) is 3.61. The molecular weight excluding hydrogens is 264 g/mol. The number of hydrogen-bond acceptors (Lipinski definition) is 2. The summed E-state index contributed by atoms with van der Waals surface area (Å²) >= 11 is 0. The lowest BCUT2D eigenvalue weighted by molar-refractivity contribution is -0.131. The second-order valence-corrected chi connectivity index (χ2v) is 5.52. The molecule has 1 aliphatic rings. The van der Waals surface area contributed by atoms with Gasteiger partial charge in [-0.05, 0) is 12.8 Å². The summed E-state index contributed by atoms with van der Waals surface area (Å²) in [5.41, 5.74) is 0. The van der Waals surface area contributed by atoms with Gasteiger partial charge < -0.3 is 9.84 Å². The van der Waals surface area contributed by atoms with Crippen LogP contribution in [0.5, 0.6) is 0 Å². The predicted octanol–water partition coefficient (Wildman–Crippen LogP) is 4.65. The van der Waals surface area contributed by atoms with Gasteiger partial charge in [-0.3, -0.25) is 0 Å². The first-order valence-electron chi connectivity index (χ1n) is 8.12. The van der Waals surface area contributed by atoms with E-state index in [0.717, 1.165) is 12.5 Å². The Morgan fingerprint density at radius 2 is 1.71 bits per heavy atom. The number of allylic oxidation sites excluding steroid dienone is 4. The van der Waals surface area contributed by atoms with E-state index < -0.39 is 5.97 Å². The molecule has 3 nitrogen and oxygen atoms in total. The maximum absolute atomic E-state index is 10.2. The Balaban J connectivity index is 1.95. The van der Waals surface area contributed by atoms with Crippen molar-refractivity contribution in [1.29, 1.82) is 0 Å². The number of rotatable bonds is 12. The van der Waals surface area contributed by atoms with Gasteiger partial charge in [-0.25, -0.2) is 4.79 Å². The standard InChI is InChI=1S/C18H28O3/c1-2-3-4-5-7-10-13-16-17(21-16)14-11-8-6-9-12-15-18(19)20/h6,8-9,11-12,15-17H,2-5,7,10,13-14H2,1H3,(H,19,20)/b9-6+,11-8+,15-12+. The van der Waals surface area contributed by atoms with E-state index in [1.165, 1.54) is 51.0 Å². The first-order valence-corrected chi connectivity index (χ1v) is 8.12. The van der Waals surface area contributed by atoms with E-state index >= 15 is 0 Å². The minimum absolute atomic E-state index is 0.403. The minimum atomic E-state index is -0.924. The Morgan fingerprint density at radius 1 is 1.00 bits per heavy atom. The molecule has 0 aliphatic carbocycles. The van der Waals surface area contributed by atoms with Gasteiger partial charge in [-0.2, -0.15) is 0 Å². The van der Waals surface area contributed by atoms with E-state index in [4.69, 9.17) is 9.84 Å². The van der Waals surface area contributed by atoms with Crippen molar-refractivity contribution in [3.63, 3.8) is 0 Å². The summed E-state index contributed by atoms with van der Waals surface area (Å²) in [7, 11) is 0. The SMILES string of the molecule is CCCCCCCCC1OC1C/C=C/C=C/C=C/C(=O)O. The summed E-state index contributed by atoms with van der Waals surface area (Å²) in [5, 5.41) is 8.40. The Bertz CT molecular complexity index is 369. The smallest absolute Gasteiger partial charge is 0.328 e. The highest BCUT2D eigenvalue weighted by molar-refractivity contribution is 5.80. The van der Waals surface area contributed by atoms with Crippen LogP contribution in [0.15, 0.2) is 36.5 Å². The number of epoxide rings is 1. The third-order valence-electron chi connectivity index (χ3n) is 3.61. The van der Waals surface area contributed by atoms with Gasteiger partial charge in [0, 0.05) is 6.08 Å². The Morgan fingerprint density at radius 3 is 2.48 bits per heavy atom. The summed E-state index contributed by atoms with van der Waals surface area (Å²) < 4.78 is 5.64. The molecule has 2 atom stereocenters. The number of carboxylic acid groups (broad SMARTS) is 1. The first-order chi connectivity index (χ1) is 10.2. The van der Waals surface area contributed by atoms with Crippen molar-refractivity contribution >= 4 is 5.97 Å². The van der Waals surface area contributed by atoms with Crippen LogP contribution >= 0.6 is 0 Å². The fraction of sp³-hybridized carbons (Fsp3) is 0.611. The third kappa shape index (κ3) is 10.1. The highest BCUT2D eigenvalue weighted by Gasteiger charge is 2.36. The molecule has 0 spiro atoms. The number of carboxylic acids is 1. The number of aliphatic carboxylic acids is 1. The molecule has 0 radical (unpaired) electrons. The Kier molecular flexibility index (Phi) is 9.55. The van der Waals surface area contributed by atoms with Crippen molar-refractivity contribution < 1.29 is 14.6 Å². The van der Waals surface area contributed by atoms with Gasteiger partial charge in [0.05, 0.1) is 12.2 Å². The molecule has 1 N–H and O–H groups in total. The molecule has 0 bridgehead atoms. The van der Waals surface area contributed by atoms with E-state index in [2.05, 4.69) is 13.0 Å². The van der Waals surface area contributed by atoms with E-state index in [1.807, 2.05) is 12.2 Å². The summed E-state index contributed by atoms with van der Waals surface area (Å²) in [4.78, 5) is 10.2. The van der Waals surface area contributed by atoms with Crippen LogP contribution in [0.1, 0.15) is 58.3 Å². The van der Waals surface area contributed by atoms with Gasteiger partial charge in [-0.15, -0.1) is 0 Å². The molecule has 1 rings (SSSR count). The lowest BCUT2D eigenvalue weighted by Gasteiger charge is -1.98. The Hall–Kier alpha value is -1.35. The van der Waals surface area contributed by atoms with E-state index in [0.29, 0.717) is 12.2 Å². The Labute approximate surface area is 128 Å². The molecule has 0 amide bonds. The number of carbonyl (C=O) groups is 1. The van der Waals surface area contributed by atoms with Gasteiger partial charge in [0.25, 0.3) is 0 Å². The molecule has 1 aliphatic heterocycles. The van der Waals surface area contributed by atoms with Crippen molar-refractivity contribution in [3.05, 3.63) is 36.5 Å². The number of unbranched alkanes of at least 4 members (excludes halogenated alkanes) is 5. The van der Waals surface area contributed by atoms with Crippen molar-refractivity contribution in [2.24, 2.45) is 0 Å². The minimum Gasteiger partial charge on any atom is -0.478 e. The van der Waals surface area contributed by atoms with Crippen LogP contribution in [-0.4, -0.2) is 23.3 Å². The fourth-order valence-corrected chi connectivity index (χ4v) is 2.32. The maximum atomic E-state index is 10.2. The van der Waals surface area contributed by atoms with E-state index in [9.17, 15) is 4.79 Å².